The van der Waals surface area contributed by atoms with E-state index in [0.717, 1.165) is 37.8 Å². The summed E-state index contributed by atoms with van der Waals surface area (Å²) in [6.07, 6.45) is -4.37. The molecule has 3 rings (SSSR count). The number of piperazine rings is 1. The van der Waals surface area contributed by atoms with Crippen molar-refractivity contribution in [1.29, 1.82) is 0 Å². The van der Waals surface area contributed by atoms with E-state index in [0.29, 0.717) is 10.6 Å². The lowest BCUT2D eigenvalue weighted by molar-refractivity contribution is -0.137. The summed E-state index contributed by atoms with van der Waals surface area (Å²) in [5.74, 6) is 0. The number of thiophene rings is 1. The number of alkyl halides is 3. The average molecular weight is 361 g/mol. The standard InChI is InChI=1S/C16H16ClF3N2S/c17-14-2-1-12(16(18,19)20)9-13(14)15(11-3-8-23-10-11)22-6-4-21-5-7-22/h1-3,8-10,15,21H,4-7H2. The number of nitrogens with zero attached hydrogens (tertiary/aromatic N) is 1. The molecule has 1 aliphatic heterocycles. The Bertz CT molecular complexity index is 652. The van der Waals surface area contributed by atoms with E-state index in [2.05, 4.69) is 10.2 Å². The minimum absolute atomic E-state index is 0.252. The predicted molar refractivity (Wildman–Crippen MR) is 87.1 cm³/mol. The minimum Gasteiger partial charge on any atom is -0.314 e. The number of halogens is 4. The van der Waals surface area contributed by atoms with Gasteiger partial charge in [-0.05, 0) is 46.2 Å². The van der Waals surface area contributed by atoms with Gasteiger partial charge in [-0.2, -0.15) is 24.5 Å². The van der Waals surface area contributed by atoms with E-state index in [4.69, 9.17) is 11.6 Å². The highest BCUT2D eigenvalue weighted by Crippen LogP contribution is 2.38. The van der Waals surface area contributed by atoms with Gasteiger partial charge < -0.3 is 5.32 Å². The fraction of sp³-hybridized carbons (Fsp3) is 0.375. The molecule has 0 amide bonds. The first-order valence-corrected chi connectivity index (χ1v) is 8.62. The van der Waals surface area contributed by atoms with Gasteiger partial charge in [-0.25, -0.2) is 0 Å². The first-order chi connectivity index (χ1) is 11.0. The van der Waals surface area contributed by atoms with Crippen molar-refractivity contribution < 1.29 is 13.2 Å². The van der Waals surface area contributed by atoms with E-state index in [9.17, 15) is 13.2 Å². The highest BCUT2D eigenvalue weighted by atomic mass is 35.5. The molecule has 1 saturated heterocycles. The molecule has 1 unspecified atom stereocenters. The molecule has 0 bridgehead atoms. The quantitative estimate of drug-likeness (QED) is 0.872. The smallest absolute Gasteiger partial charge is 0.314 e. The number of nitrogens with one attached hydrogen (secondary N) is 1. The molecule has 2 heterocycles. The van der Waals surface area contributed by atoms with Crippen LogP contribution in [0.4, 0.5) is 13.2 Å². The molecule has 1 aromatic heterocycles. The van der Waals surface area contributed by atoms with Crippen LogP contribution in [0, 0.1) is 0 Å². The van der Waals surface area contributed by atoms with Crippen LogP contribution in [0.25, 0.3) is 0 Å². The number of hydrogen-bond acceptors (Lipinski definition) is 3. The van der Waals surface area contributed by atoms with Crippen molar-refractivity contribution in [2.75, 3.05) is 26.2 Å². The molecule has 1 atom stereocenters. The molecule has 2 nitrogen and oxygen atoms in total. The van der Waals surface area contributed by atoms with Crippen LogP contribution in [0.15, 0.2) is 35.0 Å². The lowest BCUT2D eigenvalue weighted by Crippen LogP contribution is -2.45. The molecule has 1 aromatic carbocycles. The Balaban J connectivity index is 2.06. The lowest BCUT2D eigenvalue weighted by atomic mass is 9.96. The molecule has 23 heavy (non-hydrogen) atoms. The van der Waals surface area contributed by atoms with Crippen LogP contribution in [0.3, 0.4) is 0 Å². The van der Waals surface area contributed by atoms with Crippen molar-refractivity contribution in [1.82, 2.24) is 10.2 Å². The maximum absolute atomic E-state index is 13.1. The molecule has 0 radical (unpaired) electrons. The highest BCUT2D eigenvalue weighted by molar-refractivity contribution is 7.08. The molecule has 2 aromatic rings. The summed E-state index contributed by atoms with van der Waals surface area (Å²) in [5, 5.41) is 7.54. The third-order valence-electron chi connectivity index (χ3n) is 3.99. The Kier molecular flexibility index (Phi) is 4.96. The Labute approximate surface area is 141 Å². The van der Waals surface area contributed by atoms with Gasteiger partial charge in [-0.3, -0.25) is 4.90 Å². The SMILES string of the molecule is FC(F)(F)c1ccc(Cl)c(C(c2ccsc2)N2CCNCC2)c1. The zero-order valence-corrected chi connectivity index (χ0v) is 13.8. The van der Waals surface area contributed by atoms with Gasteiger partial charge in [0.1, 0.15) is 0 Å². The monoisotopic (exact) mass is 360 g/mol. The number of rotatable bonds is 3. The summed E-state index contributed by atoms with van der Waals surface area (Å²) in [6.45, 7) is 3.18. The summed E-state index contributed by atoms with van der Waals surface area (Å²) < 4.78 is 39.2. The largest absolute Gasteiger partial charge is 0.416 e. The zero-order chi connectivity index (χ0) is 16.4. The van der Waals surface area contributed by atoms with Crippen LogP contribution in [0.2, 0.25) is 5.02 Å². The topological polar surface area (TPSA) is 15.3 Å². The van der Waals surface area contributed by atoms with Crippen LogP contribution in [-0.2, 0) is 6.18 Å². The third kappa shape index (κ3) is 3.71. The van der Waals surface area contributed by atoms with Crippen LogP contribution in [0.1, 0.15) is 22.7 Å². The molecule has 0 aliphatic carbocycles. The maximum atomic E-state index is 13.1. The second kappa shape index (κ2) is 6.81. The van der Waals surface area contributed by atoms with Gasteiger partial charge in [0.2, 0.25) is 0 Å². The lowest BCUT2D eigenvalue weighted by Gasteiger charge is -2.35. The average Bonchev–Trinajstić information content (AvgIpc) is 3.03. The van der Waals surface area contributed by atoms with E-state index >= 15 is 0 Å². The Morgan fingerprint density at radius 2 is 1.91 bits per heavy atom. The first kappa shape index (κ1) is 16.8. The van der Waals surface area contributed by atoms with E-state index < -0.39 is 11.7 Å². The van der Waals surface area contributed by atoms with Gasteiger partial charge in [0.15, 0.2) is 0 Å². The molecule has 0 spiro atoms. The van der Waals surface area contributed by atoms with Crippen LogP contribution in [0.5, 0.6) is 0 Å². The summed E-state index contributed by atoms with van der Waals surface area (Å²) in [5.41, 5.74) is 0.840. The van der Waals surface area contributed by atoms with Gasteiger partial charge in [-0.15, -0.1) is 0 Å². The fourth-order valence-electron chi connectivity index (χ4n) is 2.89. The first-order valence-electron chi connectivity index (χ1n) is 7.30. The fourth-order valence-corrected chi connectivity index (χ4v) is 3.79. The summed E-state index contributed by atoms with van der Waals surface area (Å²) in [6, 6.07) is 5.27. The Morgan fingerprint density at radius 3 is 2.52 bits per heavy atom. The van der Waals surface area contributed by atoms with Crippen molar-refractivity contribution >= 4 is 22.9 Å². The number of benzene rings is 1. The van der Waals surface area contributed by atoms with Crippen LogP contribution < -0.4 is 5.32 Å². The second-order valence-electron chi connectivity index (χ2n) is 5.48. The second-order valence-corrected chi connectivity index (χ2v) is 6.67. The van der Waals surface area contributed by atoms with Crippen molar-refractivity contribution in [3.8, 4) is 0 Å². The van der Waals surface area contributed by atoms with E-state index in [1.165, 1.54) is 23.5 Å². The summed E-state index contributed by atoms with van der Waals surface area (Å²) in [4.78, 5) is 2.18. The van der Waals surface area contributed by atoms with E-state index in [1.807, 2.05) is 16.8 Å². The van der Waals surface area contributed by atoms with E-state index in [1.54, 1.807) is 0 Å². The highest BCUT2D eigenvalue weighted by Gasteiger charge is 2.33. The molecular formula is C16H16ClF3N2S. The van der Waals surface area contributed by atoms with Gasteiger partial charge in [-0.1, -0.05) is 11.6 Å². The summed E-state index contributed by atoms with van der Waals surface area (Å²) in [7, 11) is 0. The molecule has 1 N–H and O–H groups in total. The predicted octanol–water partition coefficient (Wildman–Crippen LogP) is 4.41. The molecular weight excluding hydrogens is 345 g/mol. The molecule has 1 aliphatic rings. The molecule has 0 saturated carbocycles. The van der Waals surface area contributed by atoms with Crippen molar-refractivity contribution in [3.05, 3.63) is 56.7 Å². The van der Waals surface area contributed by atoms with Crippen LogP contribution in [-0.4, -0.2) is 31.1 Å². The normalized spacial score (nSPS) is 18.1. The van der Waals surface area contributed by atoms with Crippen LogP contribution >= 0.6 is 22.9 Å². The Morgan fingerprint density at radius 1 is 1.17 bits per heavy atom. The summed E-state index contributed by atoms with van der Waals surface area (Å²) >= 11 is 7.81. The van der Waals surface area contributed by atoms with E-state index in [-0.39, 0.29) is 6.04 Å². The van der Waals surface area contributed by atoms with Gasteiger partial charge >= 0.3 is 6.18 Å². The zero-order valence-electron chi connectivity index (χ0n) is 12.2. The Hall–Kier alpha value is -1.08. The molecule has 124 valence electrons. The van der Waals surface area contributed by atoms with Crippen molar-refractivity contribution in [2.45, 2.75) is 12.2 Å². The maximum Gasteiger partial charge on any atom is 0.416 e. The molecule has 7 heteroatoms. The van der Waals surface area contributed by atoms with Gasteiger partial charge in [0, 0.05) is 31.2 Å². The minimum atomic E-state index is -4.37. The third-order valence-corrected chi connectivity index (χ3v) is 5.04. The number of hydrogen-bond donors (Lipinski definition) is 1. The van der Waals surface area contributed by atoms with Gasteiger partial charge in [0.05, 0.1) is 11.6 Å². The molecule has 1 fully saturated rings. The van der Waals surface area contributed by atoms with Gasteiger partial charge in [0.25, 0.3) is 0 Å². The van der Waals surface area contributed by atoms with Crippen molar-refractivity contribution in [3.63, 3.8) is 0 Å². The van der Waals surface area contributed by atoms with Crippen molar-refractivity contribution in [2.24, 2.45) is 0 Å².